The number of nitrogens with one attached hydrogen (secondary N) is 3. The van der Waals surface area contributed by atoms with Crippen molar-refractivity contribution in [2.24, 2.45) is 0 Å². The van der Waals surface area contributed by atoms with Crippen LogP contribution >= 0.6 is 11.6 Å². The lowest BCUT2D eigenvalue weighted by atomic mass is 10.1. The molecule has 3 aromatic rings. The maximum absolute atomic E-state index is 13.0. The molecular weight excluding hydrogens is 550 g/mol. The third kappa shape index (κ3) is 8.24. The summed E-state index contributed by atoms with van der Waals surface area (Å²) < 4.78 is 53.4. The molecule has 206 valence electrons. The van der Waals surface area contributed by atoms with Gasteiger partial charge in [-0.05, 0) is 36.8 Å². The third-order valence-corrected chi connectivity index (χ3v) is 8.07. The molecule has 0 aromatic heterocycles. The van der Waals surface area contributed by atoms with E-state index in [0.717, 1.165) is 38.4 Å². The second-order valence-corrected chi connectivity index (χ2v) is 13.1. The van der Waals surface area contributed by atoms with E-state index in [2.05, 4.69) is 21.7 Å². The molecule has 1 amide bonds. The van der Waals surface area contributed by atoms with Crippen molar-refractivity contribution in [2.75, 3.05) is 26.8 Å². The lowest BCUT2D eigenvalue weighted by Gasteiger charge is -2.15. The van der Waals surface area contributed by atoms with Crippen LogP contribution in [0.2, 0.25) is 5.02 Å². The van der Waals surface area contributed by atoms with Crippen molar-refractivity contribution >= 4 is 65.4 Å². The van der Waals surface area contributed by atoms with Crippen LogP contribution in [0.1, 0.15) is 55.8 Å². The van der Waals surface area contributed by atoms with Gasteiger partial charge in [0.25, 0.3) is 5.91 Å². The van der Waals surface area contributed by atoms with E-state index in [9.17, 15) is 26.7 Å². The van der Waals surface area contributed by atoms with E-state index < -0.39 is 26.0 Å². The molecule has 0 heterocycles. The minimum Gasteiger partial charge on any atom is -0.505 e. The maximum Gasteiger partial charge on any atom is 0.255 e. The number of carbonyl (C=O) groups is 1. The first-order valence-electron chi connectivity index (χ1n) is 12.2. The summed E-state index contributed by atoms with van der Waals surface area (Å²) in [6, 6.07) is 12.0. The first-order valence-corrected chi connectivity index (χ1v) is 16.2. The lowest BCUT2D eigenvalue weighted by molar-refractivity contribution is 0.102. The van der Waals surface area contributed by atoms with Gasteiger partial charge in [0.15, 0.2) is 0 Å². The first-order chi connectivity index (χ1) is 17.9. The molecule has 12 heteroatoms. The molecule has 3 aromatic carbocycles. The van der Waals surface area contributed by atoms with Gasteiger partial charge in [-0.15, -0.1) is 0 Å². The number of phenolic OH excluding ortho intramolecular Hbond substituents is 1. The molecule has 9 nitrogen and oxygen atoms in total. The van der Waals surface area contributed by atoms with Gasteiger partial charge >= 0.3 is 0 Å². The van der Waals surface area contributed by atoms with Gasteiger partial charge in [-0.2, -0.15) is 0 Å². The summed E-state index contributed by atoms with van der Waals surface area (Å²) in [6.07, 6.45) is 6.72. The number of rotatable bonds is 13. The third-order valence-electron chi connectivity index (χ3n) is 5.79. The highest BCUT2D eigenvalue weighted by Crippen LogP contribution is 2.42. The van der Waals surface area contributed by atoms with Crippen molar-refractivity contribution in [3.63, 3.8) is 0 Å². The standard InChI is InChI=1S/C26H32ClN3O6S2/c1-3-4-5-6-7-8-15-38(35,36)29-19-12-9-11-18(16-19)26(32)28-23-17-21(27)20-13-10-14-22(24(20)25(23)31)30-37(2,33)34/h9-14,16-17,29-31H,3-8,15H2,1-2H3,(H,28,32). The largest absolute Gasteiger partial charge is 0.505 e. The number of carbonyl (C=O) groups excluding carboxylic acids is 1. The Kier molecular flexibility index (Phi) is 9.86. The van der Waals surface area contributed by atoms with E-state index in [1.54, 1.807) is 24.3 Å². The predicted octanol–water partition coefficient (Wildman–Crippen LogP) is 5.92. The highest BCUT2D eigenvalue weighted by molar-refractivity contribution is 7.92. The molecule has 0 fully saturated rings. The number of unbranched alkanes of at least 4 members (excludes halogenated alkanes) is 5. The van der Waals surface area contributed by atoms with Crippen LogP contribution in [0.3, 0.4) is 0 Å². The zero-order chi connectivity index (χ0) is 27.9. The quantitative estimate of drug-likeness (QED) is 0.146. The maximum atomic E-state index is 13.0. The fraction of sp³-hybridized carbons (Fsp3) is 0.346. The van der Waals surface area contributed by atoms with Crippen molar-refractivity contribution in [2.45, 2.75) is 45.4 Å². The number of halogens is 1. The molecule has 0 aliphatic heterocycles. The van der Waals surface area contributed by atoms with Gasteiger partial charge in [0, 0.05) is 16.6 Å². The van der Waals surface area contributed by atoms with Gasteiger partial charge in [0.2, 0.25) is 20.0 Å². The Morgan fingerprint density at radius 2 is 1.58 bits per heavy atom. The zero-order valence-electron chi connectivity index (χ0n) is 21.3. The Labute approximate surface area is 228 Å². The predicted molar refractivity (Wildman–Crippen MR) is 154 cm³/mol. The van der Waals surface area contributed by atoms with Gasteiger partial charge in [-0.1, -0.05) is 68.8 Å². The van der Waals surface area contributed by atoms with Gasteiger partial charge < -0.3 is 10.4 Å². The number of benzene rings is 3. The minimum absolute atomic E-state index is 0.0111. The molecule has 0 saturated carbocycles. The number of hydrogen-bond acceptors (Lipinski definition) is 6. The summed E-state index contributed by atoms with van der Waals surface area (Å²) >= 11 is 6.37. The van der Waals surface area contributed by atoms with Crippen LogP contribution in [0.5, 0.6) is 5.75 Å². The van der Waals surface area contributed by atoms with Crippen LogP contribution in [0.15, 0.2) is 48.5 Å². The average Bonchev–Trinajstić information content (AvgIpc) is 2.83. The molecule has 4 N–H and O–H groups in total. The fourth-order valence-corrected chi connectivity index (χ4v) is 6.02. The van der Waals surface area contributed by atoms with Crippen LogP contribution in [0.25, 0.3) is 10.8 Å². The van der Waals surface area contributed by atoms with Gasteiger partial charge in [-0.3, -0.25) is 14.2 Å². The number of amides is 1. The van der Waals surface area contributed by atoms with Gasteiger partial charge in [-0.25, -0.2) is 16.8 Å². The molecule has 0 spiro atoms. The number of fused-ring (bicyclic) bond motifs is 1. The summed E-state index contributed by atoms with van der Waals surface area (Å²) in [5.41, 5.74) is 0.443. The Morgan fingerprint density at radius 3 is 2.29 bits per heavy atom. The molecule has 3 rings (SSSR count). The fourth-order valence-electron chi connectivity index (χ4n) is 4.02. The Balaban J connectivity index is 1.77. The van der Waals surface area contributed by atoms with E-state index in [0.29, 0.717) is 11.8 Å². The van der Waals surface area contributed by atoms with Crippen molar-refractivity contribution < 1.29 is 26.7 Å². The molecule has 0 unspecified atom stereocenters. The second-order valence-electron chi connectivity index (χ2n) is 9.08. The van der Waals surface area contributed by atoms with E-state index >= 15 is 0 Å². The van der Waals surface area contributed by atoms with E-state index in [1.165, 1.54) is 24.3 Å². The van der Waals surface area contributed by atoms with E-state index in [4.69, 9.17) is 11.6 Å². The topological polar surface area (TPSA) is 142 Å². The summed E-state index contributed by atoms with van der Waals surface area (Å²) in [5.74, 6) is -1.01. The summed E-state index contributed by atoms with van der Waals surface area (Å²) in [5, 5.41) is 14.2. The second kappa shape index (κ2) is 12.7. The number of aromatic hydroxyl groups is 1. The highest BCUT2D eigenvalue weighted by Gasteiger charge is 2.18. The molecule has 0 aliphatic carbocycles. The average molecular weight is 582 g/mol. The monoisotopic (exact) mass is 581 g/mol. The summed E-state index contributed by atoms with van der Waals surface area (Å²) in [4.78, 5) is 13.0. The van der Waals surface area contributed by atoms with Gasteiger partial charge in [0.1, 0.15) is 5.75 Å². The zero-order valence-corrected chi connectivity index (χ0v) is 23.6. The number of sulfonamides is 2. The number of hydrogen-bond donors (Lipinski definition) is 4. The summed E-state index contributed by atoms with van der Waals surface area (Å²) in [7, 11) is -7.24. The van der Waals surface area contributed by atoms with Crippen molar-refractivity contribution in [1.82, 2.24) is 0 Å². The van der Waals surface area contributed by atoms with Crippen LogP contribution in [0.4, 0.5) is 17.1 Å². The smallest absolute Gasteiger partial charge is 0.255 e. The first kappa shape index (κ1) is 29.5. The SMILES string of the molecule is CCCCCCCCS(=O)(=O)Nc1cccc(C(=O)Nc2cc(Cl)c3cccc(NS(C)(=O)=O)c3c2O)c1. The highest BCUT2D eigenvalue weighted by atomic mass is 35.5. The van der Waals surface area contributed by atoms with Crippen molar-refractivity contribution in [1.29, 1.82) is 0 Å². The van der Waals surface area contributed by atoms with Crippen LogP contribution in [-0.4, -0.2) is 39.9 Å². The molecule has 0 bridgehead atoms. The molecule has 0 saturated heterocycles. The van der Waals surface area contributed by atoms with Crippen molar-refractivity contribution in [3.8, 4) is 5.75 Å². The van der Waals surface area contributed by atoms with Crippen LogP contribution in [0, 0.1) is 0 Å². The molecule has 38 heavy (non-hydrogen) atoms. The Morgan fingerprint density at radius 1 is 0.895 bits per heavy atom. The number of phenols is 1. The Bertz CT molecular complexity index is 1530. The van der Waals surface area contributed by atoms with Crippen molar-refractivity contribution in [3.05, 3.63) is 59.1 Å². The van der Waals surface area contributed by atoms with E-state index in [-0.39, 0.29) is 44.5 Å². The molecule has 0 radical (unpaired) electrons. The van der Waals surface area contributed by atoms with Crippen LogP contribution in [-0.2, 0) is 20.0 Å². The number of anilines is 3. The molecule has 0 aliphatic rings. The Hall–Kier alpha value is -3.02. The van der Waals surface area contributed by atoms with Crippen LogP contribution < -0.4 is 14.8 Å². The van der Waals surface area contributed by atoms with E-state index in [1.807, 2.05) is 0 Å². The minimum atomic E-state index is -3.66. The molecule has 0 atom stereocenters. The van der Waals surface area contributed by atoms with Gasteiger partial charge in [0.05, 0.1) is 33.8 Å². The normalized spacial score (nSPS) is 11.9. The lowest BCUT2D eigenvalue weighted by Crippen LogP contribution is -2.17. The summed E-state index contributed by atoms with van der Waals surface area (Å²) in [6.45, 7) is 2.12. The molecular formula is C26H32ClN3O6S2.